The summed E-state index contributed by atoms with van der Waals surface area (Å²) in [6.07, 6.45) is 2.14. The lowest BCUT2D eigenvalue weighted by atomic mass is 9.96. The third kappa shape index (κ3) is 2.48. The van der Waals surface area contributed by atoms with Crippen molar-refractivity contribution >= 4 is 16.9 Å². The van der Waals surface area contributed by atoms with Crippen molar-refractivity contribution in [3.05, 3.63) is 71.2 Å². The number of aryl methyl sites for hydroxylation is 1. The van der Waals surface area contributed by atoms with Gasteiger partial charge in [-0.2, -0.15) is 0 Å². The van der Waals surface area contributed by atoms with E-state index in [-0.39, 0.29) is 22.9 Å². The Morgan fingerprint density at radius 2 is 1.96 bits per heavy atom. The number of fused-ring (bicyclic) bond motifs is 1. The zero-order valence-corrected chi connectivity index (χ0v) is 13.4. The summed E-state index contributed by atoms with van der Waals surface area (Å²) in [7, 11) is 0. The average Bonchev–Trinajstić information content (AvgIpc) is 3.33. The van der Waals surface area contributed by atoms with Crippen molar-refractivity contribution in [3.8, 4) is 0 Å². The minimum atomic E-state index is -0.334. The minimum Gasteiger partial charge on any atom is -0.451 e. The molecule has 3 aromatic rings. The lowest BCUT2D eigenvalue weighted by molar-refractivity contribution is 0.0923. The van der Waals surface area contributed by atoms with Gasteiger partial charge in [-0.3, -0.25) is 4.79 Å². The Morgan fingerprint density at radius 3 is 2.67 bits per heavy atom. The van der Waals surface area contributed by atoms with E-state index < -0.39 is 0 Å². The number of carbonyl (C=O) groups excluding carboxylic acids is 1. The molecule has 0 unspecified atom stereocenters. The molecule has 0 atom stereocenters. The smallest absolute Gasteiger partial charge is 0.287 e. The molecule has 0 aliphatic heterocycles. The fourth-order valence-electron chi connectivity index (χ4n) is 3.25. The molecule has 1 aromatic heterocycles. The topological polar surface area (TPSA) is 42.2 Å². The maximum absolute atomic E-state index is 13.4. The van der Waals surface area contributed by atoms with Crippen LogP contribution in [0.5, 0.6) is 0 Å². The molecule has 1 heterocycles. The first-order valence-electron chi connectivity index (χ1n) is 8.11. The molecule has 1 amide bonds. The first-order valence-corrected chi connectivity index (χ1v) is 8.11. The van der Waals surface area contributed by atoms with Crippen molar-refractivity contribution < 1.29 is 13.6 Å². The predicted molar refractivity (Wildman–Crippen MR) is 90.6 cm³/mol. The largest absolute Gasteiger partial charge is 0.451 e. The molecule has 1 aliphatic carbocycles. The van der Waals surface area contributed by atoms with Crippen LogP contribution in [0.3, 0.4) is 0 Å². The Labute approximate surface area is 139 Å². The first-order chi connectivity index (χ1) is 11.6. The normalized spacial score (nSPS) is 15.4. The van der Waals surface area contributed by atoms with Crippen LogP contribution in [-0.2, 0) is 5.41 Å². The van der Waals surface area contributed by atoms with Gasteiger partial charge >= 0.3 is 0 Å². The van der Waals surface area contributed by atoms with Crippen molar-refractivity contribution in [2.45, 2.75) is 25.2 Å². The number of hydrogen-bond acceptors (Lipinski definition) is 2. The number of benzene rings is 2. The summed E-state index contributed by atoms with van der Waals surface area (Å²) in [5, 5.41) is 3.63. The van der Waals surface area contributed by atoms with Crippen LogP contribution in [-0.4, -0.2) is 12.5 Å². The van der Waals surface area contributed by atoms with E-state index in [4.69, 9.17) is 4.42 Å². The van der Waals surface area contributed by atoms with Gasteiger partial charge in [-0.15, -0.1) is 0 Å². The summed E-state index contributed by atoms with van der Waals surface area (Å²) in [6, 6.07) is 14.5. The van der Waals surface area contributed by atoms with Gasteiger partial charge in [0.15, 0.2) is 5.76 Å². The van der Waals surface area contributed by atoms with Gasteiger partial charge in [0, 0.05) is 22.9 Å². The number of hydrogen-bond donors (Lipinski definition) is 1. The monoisotopic (exact) mass is 323 g/mol. The Bertz CT molecular complexity index is 910. The molecule has 1 fully saturated rings. The van der Waals surface area contributed by atoms with Crippen molar-refractivity contribution in [3.63, 3.8) is 0 Å². The lowest BCUT2D eigenvalue weighted by Crippen LogP contribution is -2.32. The Hall–Kier alpha value is -2.62. The van der Waals surface area contributed by atoms with Crippen LogP contribution < -0.4 is 5.32 Å². The molecule has 24 heavy (non-hydrogen) atoms. The molecule has 122 valence electrons. The zero-order valence-electron chi connectivity index (χ0n) is 13.4. The molecule has 3 nitrogen and oxygen atoms in total. The summed E-state index contributed by atoms with van der Waals surface area (Å²) >= 11 is 0. The second kappa shape index (κ2) is 5.48. The molecule has 0 radical (unpaired) electrons. The second-order valence-electron chi connectivity index (χ2n) is 6.53. The van der Waals surface area contributed by atoms with Gasteiger partial charge in [-0.05, 0) is 43.5 Å². The van der Waals surface area contributed by atoms with Crippen molar-refractivity contribution in [2.75, 3.05) is 6.54 Å². The molecule has 1 aliphatic rings. The number of furan rings is 1. The third-order valence-corrected chi connectivity index (χ3v) is 4.93. The number of nitrogens with one attached hydrogen (secondary N) is 1. The van der Waals surface area contributed by atoms with Crippen LogP contribution in [0, 0.1) is 12.7 Å². The Kier molecular flexibility index (Phi) is 3.41. The van der Waals surface area contributed by atoms with E-state index in [0.29, 0.717) is 23.1 Å². The summed E-state index contributed by atoms with van der Waals surface area (Å²) in [6.45, 7) is 2.37. The van der Waals surface area contributed by atoms with Gasteiger partial charge in [-0.1, -0.05) is 30.3 Å². The third-order valence-electron chi connectivity index (χ3n) is 4.93. The molecule has 1 saturated carbocycles. The van der Waals surface area contributed by atoms with Crippen LogP contribution in [0.25, 0.3) is 11.0 Å². The number of amides is 1. The van der Waals surface area contributed by atoms with E-state index >= 15 is 0 Å². The Balaban J connectivity index is 1.54. The molecule has 0 saturated heterocycles. The quantitative estimate of drug-likeness (QED) is 0.776. The number of carbonyl (C=O) groups is 1. The summed E-state index contributed by atoms with van der Waals surface area (Å²) in [5.41, 5.74) is 2.51. The maximum Gasteiger partial charge on any atom is 0.287 e. The van der Waals surface area contributed by atoms with Crippen LogP contribution in [0.4, 0.5) is 4.39 Å². The summed E-state index contributed by atoms with van der Waals surface area (Å²) < 4.78 is 19.0. The van der Waals surface area contributed by atoms with Gasteiger partial charge in [0.1, 0.15) is 11.4 Å². The molecular weight excluding hydrogens is 305 g/mol. The van der Waals surface area contributed by atoms with E-state index in [1.807, 2.05) is 18.2 Å². The van der Waals surface area contributed by atoms with Crippen molar-refractivity contribution in [2.24, 2.45) is 0 Å². The fraction of sp³-hybridized carbons (Fsp3) is 0.250. The SMILES string of the molecule is Cc1c(C(=O)NCC2(c3ccccc3)CC2)oc2ccc(F)cc12. The molecule has 2 aromatic carbocycles. The molecule has 0 spiro atoms. The van der Waals surface area contributed by atoms with Crippen LogP contribution >= 0.6 is 0 Å². The first kappa shape index (κ1) is 14.9. The van der Waals surface area contributed by atoms with Crippen LogP contribution in [0.2, 0.25) is 0 Å². The van der Waals surface area contributed by atoms with E-state index in [1.54, 1.807) is 13.0 Å². The highest BCUT2D eigenvalue weighted by Crippen LogP contribution is 2.47. The number of halogens is 1. The van der Waals surface area contributed by atoms with Gasteiger partial charge in [0.2, 0.25) is 0 Å². The zero-order chi connectivity index (χ0) is 16.7. The molecule has 4 rings (SSSR count). The highest BCUT2D eigenvalue weighted by atomic mass is 19.1. The van der Waals surface area contributed by atoms with Gasteiger partial charge in [0.05, 0.1) is 0 Å². The van der Waals surface area contributed by atoms with Crippen LogP contribution in [0.15, 0.2) is 52.9 Å². The fourth-order valence-corrected chi connectivity index (χ4v) is 3.25. The van der Waals surface area contributed by atoms with E-state index in [1.165, 1.54) is 17.7 Å². The van der Waals surface area contributed by atoms with E-state index in [2.05, 4.69) is 17.4 Å². The number of rotatable bonds is 4. The van der Waals surface area contributed by atoms with Crippen molar-refractivity contribution in [1.82, 2.24) is 5.32 Å². The molecule has 0 bridgehead atoms. The average molecular weight is 323 g/mol. The Morgan fingerprint density at radius 1 is 1.21 bits per heavy atom. The van der Waals surface area contributed by atoms with E-state index in [0.717, 1.165) is 12.8 Å². The molecule has 4 heteroatoms. The standard InChI is InChI=1S/C20H18FNO2/c1-13-16-11-15(21)7-8-17(16)24-18(13)19(23)22-12-20(9-10-20)14-5-3-2-4-6-14/h2-8,11H,9-10,12H2,1H3,(H,22,23). The highest BCUT2D eigenvalue weighted by Gasteiger charge is 2.44. The predicted octanol–water partition coefficient (Wildman–Crippen LogP) is 4.34. The highest BCUT2D eigenvalue weighted by molar-refractivity contribution is 5.99. The molecular formula is C20H18FNO2. The van der Waals surface area contributed by atoms with Gasteiger partial charge in [0.25, 0.3) is 5.91 Å². The summed E-state index contributed by atoms with van der Waals surface area (Å²) in [4.78, 5) is 12.5. The van der Waals surface area contributed by atoms with Crippen LogP contribution in [0.1, 0.15) is 34.5 Å². The summed E-state index contributed by atoms with van der Waals surface area (Å²) in [5.74, 6) is -0.315. The van der Waals surface area contributed by atoms with Crippen molar-refractivity contribution in [1.29, 1.82) is 0 Å². The van der Waals surface area contributed by atoms with E-state index in [9.17, 15) is 9.18 Å². The maximum atomic E-state index is 13.4. The van der Waals surface area contributed by atoms with Gasteiger partial charge < -0.3 is 9.73 Å². The lowest BCUT2D eigenvalue weighted by Gasteiger charge is -2.16. The van der Waals surface area contributed by atoms with Gasteiger partial charge in [-0.25, -0.2) is 4.39 Å². The second-order valence-corrected chi connectivity index (χ2v) is 6.53. The minimum absolute atomic E-state index is 0.0446. The molecule has 1 N–H and O–H groups in total.